The fourth-order valence-corrected chi connectivity index (χ4v) is 0.866. The summed E-state index contributed by atoms with van der Waals surface area (Å²) in [5, 5.41) is 2.85. The average molecular weight is 113 g/mol. The van der Waals surface area contributed by atoms with Gasteiger partial charge >= 0.3 is 29.6 Å². The van der Waals surface area contributed by atoms with Gasteiger partial charge in [-0.1, -0.05) is 13.8 Å². The zero-order valence-corrected chi connectivity index (χ0v) is 5.15. The molecule has 0 heterocycles. The van der Waals surface area contributed by atoms with Gasteiger partial charge in [-0.3, -0.25) is 0 Å². The van der Waals surface area contributed by atoms with Gasteiger partial charge in [-0.15, -0.1) is 10.6 Å². The zero-order chi connectivity index (χ0) is 4.12. The van der Waals surface area contributed by atoms with Crippen LogP contribution in [0.25, 0.3) is 0 Å². The Morgan fingerprint density at radius 3 is 1.67 bits per heavy atom. The van der Waals surface area contributed by atoms with Crippen LogP contribution in [0.2, 0.25) is 10.6 Å². The minimum atomic E-state index is 0. The van der Waals surface area contributed by atoms with Crippen molar-refractivity contribution in [3.05, 3.63) is 0 Å². The van der Waals surface area contributed by atoms with Gasteiger partial charge in [0.15, 0.2) is 15.2 Å². The molecule has 0 nitrogen and oxygen atoms in total. The van der Waals surface area contributed by atoms with Crippen molar-refractivity contribution < 1.29 is 2.85 Å². The van der Waals surface area contributed by atoms with Crippen molar-refractivity contribution in [3.8, 4) is 0 Å². The van der Waals surface area contributed by atoms with Crippen LogP contribution in [0.4, 0.5) is 0 Å². The molecule has 0 atom stereocenters. The van der Waals surface area contributed by atoms with Crippen LogP contribution < -0.4 is 0 Å². The molecular formula is C4H15AlNa. The predicted octanol–water partition coefficient (Wildman–Crippen LogP) is 1.41. The third-order valence-corrected chi connectivity index (χ3v) is 1.73. The summed E-state index contributed by atoms with van der Waals surface area (Å²) in [4.78, 5) is 0. The first-order valence-corrected chi connectivity index (χ1v) is 3.86. The Morgan fingerprint density at radius 1 is 1.33 bits per heavy atom. The molecule has 0 bridgehead atoms. The summed E-state index contributed by atoms with van der Waals surface area (Å²) in [7, 11) is 0. The molecular weight excluding hydrogens is 98.0 g/mol. The maximum absolute atomic E-state index is 2.25. The molecule has 0 saturated heterocycles. The fourth-order valence-electron chi connectivity index (χ4n) is 0.289. The van der Waals surface area contributed by atoms with Gasteiger partial charge in [0.1, 0.15) is 0 Å². The Morgan fingerprint density at radius 2 is 1.67 bits per heavy atom. The van der Waals surface area contributed by atoms with E-state index in [4.69, 9.17) is 0 Å². The van der Waals surface area contributed by atoms with E-state index in [1.165, 1.54) is 10.6 Å². The number of hydrogen-bond donors (Lipinski definition) is 0. The molecule has 0 aliphatic carbocycles. The van der Waals surface area contributed by atoms with E-state index in [1.54, 1.807) is 0 Å². The van der Waals surface area contributed by atoms with E-state index in [0.29, 0.717) is 0 Å². The molecule has 0 aromatic rings. The summed E-state index contributed by atoms with van der Waals surface area (Å²) in [5.41, 5.74) is 0. The van der Waals surface area contributed by atoms with E-state index in [1.807, 2.05) is 0 Å². The fraction of sp³-hybridized carbons (Fsp3) is 1.00. The van der Waals surface area contributed by atoms with Crippen LogP contribution in [-0.2, 0) is 0 Å². The average Bonchev–Trinajstić information content (AvgIpc) is 1.41. The monoisotopic (exact) mass is 113 g/mol. The topological polar surface area (TPSA) is 0 Å². The molecule has 0 spiro atoms. The molecule has 0 rings (SSSR count). The van der Waals surface area contributed by atoms with Crippen molar-refractivity contribution in [3.63, 3.8) is 0 Å². The van der Waals surface area contributed by atoms with Crippen LogP contribution in [0.1, 0.15) is 16.7 Å². The van der Waals surface area contributed by atoms with Gasteiger partial charge in [0, 0.05) is 2.85 Å². The minimum absolute atomic E-state index is 0. The van der Waals surface area contributed by atoms with Crippen molar-refractivity contribution in [1.82, 2.24) is 0 Å². The molecule has 1 radical (unpaired) electrons. The van der Waals surface area contributed by atoms with Crippen LogP contribution in [0.3, 0.4) is 0 Å². The van der Waals surface area contributed by atoms with Gasteiger partial charge in [-0.2, -0.15) is 0 Å². The molecule has 0 aromatic heterocycles. The molecule has 0 aliphatic heterocycles. The third-order valence-electron chi connectivity index (χ3n) is 0.577. The van der Waals surface area contributed by atoms with Gasteiger partial charge in [-0.25, -0.2) is 0 Å². The third kappa shape index (κ3) is 9.11. The number of rotatable bonds is 2. The van der Waals surface area contributed by atoms with Crippen molar-refractivity contribution in [2.24, 2.45) is 0 Å². The van der Waals surface area contributed by atoms with Crippen LogP contribution in [-0.4, -0.2) is 44.8 Å². The Hall–Kier alpha value is 1.53. The molecule has 0 N–H and O–H groups in total. The predicted molar refractivity (Wildman–Crippen MR) is 38.1 cm³/mol. The normalized spacial score (nSPS) is 6.33. The summed E-state index contributed by atoms with van der Waals surface area (Å²) in [6.07, 6.45) is 0. The molecule has 0 amide bonds. The van der Waals surface area contributed by atoms with E-state index >= 15 is 0 Å². The Labute approximate surface area is 71.7 Å². The summed E-state index contributed by atoms with van der Waals surface area (Å²) in [5.74, 6) is 0. The summed E-state index contributed by atoms with van der Waals surface area (Å²) in [6.45, 7) is 4.50. The van der Waals surface area contributed by atoms with E-state index in [-0.39, 0.29) is 32.4 Å². The second kappa shape index (κ2) is 9.73. The Bertz CT molecular complexity index is 21.5. The Kier molecular flexibility index (Phi) is 17.0. The quantitative estimate of drug-likeness (QED) is 0.475. The Balaban J connectivity index is -0.0000000267. The molecule has 0 aliphatic rings. The maximum atomic E-state index is 2.25. The van der Waals surface area contributed by atoms with Crippen LogP contribution >= 0.6 is 0 Å². The van der Waals surface area contributed by atoms with Crippen LogP contribution in [0.5, 0.6) is 0 Å². The van der Waals surface area contributed by atoms with E-state index < -0.39 is 0 Å². The first-order chi connectivity index (χ1) is 2.41. The molecule has 0 unspecified atom stereocenters. The molecule has 0 saturated carbocycles. The second-order valence-electron chi connectivity index (χ2n) is 1.11. The SMILES string of the molecule is C[CH2][Al][CH2]C.[HH].[HH].[NaH]. The van der Waals surface area contributed by atoms with E-state index in [2.05, 4.69) is 13.8 Å². The van der Waals surface area contributed by atoms with Gasteiger partial charge in [0.05, 0.1) is 0 Å². The summed E-state index contributed by atoms with van der Waals surface area (Å²) < 4.78 is 0. The van der Waals surface area contributed by atoms with Crippen LogP contribution in [0, 0.1) is 0 Å². The number of hydrogen-bond acceptors (Lipinski definition) is 0. The first-order valence-electron chi connectivity index (χ1n) is 2.23. The van der Waals surface area contributed by atoms with E-state index in [0.717, 1.165) is 15.2 Å². The molecule has 2 heteroatoms. The molecule has 6 heavy (non-hydrogen) atoms. The van der Waals surface area contributed by atoms with E-state index in [9.17, 15) is 0 Å². The van der Waals surface area contributed by atoms with Gasteiger partial charge < -0.3 is 0 Å². The van der Waals surface area contributed by atoms with Crippen molar-refractivity contribution in [1.29, 1.82) is 0 Å². The van der Waals surface area contributed by atoms with Crippen LogP contribution in [0.15, 0.2) is 0 Å². The summed E-state index contributed by atoms with van der Waals surface area (Å²) in [6, 6.07) is 0. The summed E-state index contributed by atoms with van der Waals surface area (Å²) >= 11 is 0.815. The molecule has 35 valence electrons. The van der Waals surface area contributed by atoms with Gasteiger partial charge in [0.25, 0.3) is 0 Å². The first kappa shape index (κ1) is 10.5. The molecule has 0 fully saturated rings. The zero-order valence-electron chi connectivity index (χ0n) is 3.99. The van der Waals surface area contributed by atoms with Crippen molar-refractivity contribution in [2.75, 3.05) is 0 Å². The van der Waals surface area contributed by atoms with Crippen molar-refractivity contribution in [2.45, 2.75) is 24.4 Å². The van der Waals surface area contributed by atoms with Gasteiger partial charge in [0.2, 0.25) is 0 Å². The van der Waals surface area contributed by atoms with Gasteiger partial charge in [-0.05, 0) is 0 Å². The standard InChI is InChI=1S/2C2H5.Al.Na.2H2.H/c2*1-2;;;;;/h2*1H2,2H3;;;2*1H;. The molecule has 0 aromatic carbocycles. The van der Waals surface area contributed by atoms with Crippen molar-refractivity contribution >= 4 is 44.8 Å². The second-order valence-corrected chi connectivity index (χ2v) is 3.32.